The maximum absolute atomic E-state index is 14.0. The van der Waals surface area contributed by atoms with Gasteiger partial charge in [-0.05, 0) is 54.0 Å². The zero-order valence-corrected chi connectivity index (χ0v) is 24.7. The first-order chi connectivity index (χ1) is 20.8. The number of methoxy groups -OCH3 is 2. The Morgan fingerprint density at radius 3 is 2.53 bits per heavy atom. The lowest BCUT2D eigenvalue weighted by Gasteiger charge is -2.25. The maximum atomic E-state index is 14.0. The van der Waals surface area contributed by atoms with E-state index in [2.05, 4.69) is 11.6 Å². The molecule has 5 rings (SSSR count). The van der Waals surface area contributed by atoms with E-state index >= 15 is 0 Å². The summed E-state index contributed by atoms with van der Waals surface area (Å²) in [5.74, 6) is 0.617. The Kier molecular flexibility index (Phi) is 8.77. The second-order valence-corrected chi connectivity index (χ2v) is 10.6. The number of aromatic nitrogens is 1. The first kappa shape index (κ1) is 29.4. The number of hydrogen-bond donors (Lipinski definition) is 1. The number of phenolic OH excluding ortho intramolecular Hbond substituents is 1. The predicted octanol–water partition coefficient (Wildman–Crippen LogP) is 4.27. The van der Waals surface area contributed by atoms with Crippen LogP contribution in [0.25, 0.3) is 6.08 Å². The van der Waals surface area contributed by atoms with E-state index in [1.807, 2.05) is 30.3 Å². The summed E-state index contributed by atoms with van der Waals surface area (Å²) in [5.41, 5.74) is 2.44. The fourth-order valence-electron chi connectivity index (χ4n) is 4.76. The number of rotatable bonds is 10. The Hall–Kier alpha value is -5.09. The lowest BCUT2D eigenvalue weighted by molar-refractivity contribution is -0.140. The Morgan fingerprint density at radius 1 is 1.05 bits per heavy atom. The Balaban J connectivity index is 1.64. The highest BCUT2D eigenvalue weighted by molar-refractivity contribution is 7.07. The SMILES string of the molecule is C=CCOc1ccc(C2C(C(=O)OCc3ccccc3)=C(C)N=c3s/c(=C\c4ccc(O)c(OC)c4)c(=O)n32)cc1OC. The van der Waals surface area contributed by atoms with E-state index in [0.29, 0.717) is 37.7 Å². The molecule has 0 amide bonds. The van der Waals surface area contributed by atoms with Crippen LogP contribution in [0.2, 0.25) is 0 Å². The highest BCUT2D eigenvalue weighted by Gasteiger charge is 2.34. The van der Waals surface area contributed by atoms with Gasteiger partial charge in [0.2, 0.25) is 0 Å². The molecule has 0 aliphatic carbocycles. The Morgan fingerprint density at radius 2 is 1.81 bits per heavy atom. The van der Waals surface area contributed by atoms with Crippen LogP contribution in [0.3, 0.4) is 0 Å². The second-order valence-electron chi connectivity index (χ2n) is 9.58. The molecule has 1 aliphatic heterocycles. The third kappa shape index (κ3) is 6.09. The number of nitrogens with zero attached hydrogens (tertiary/aromatic N) is 2. The van der Waals surface area contributed by atoms with Gasteiger partial charge in [0.05, 0.1) is 36.1 Å². The minimum Gasteiger partial charge on any atom is -0.504 e. The summed E-state index contributed by atoms with van der Waals surface area (Å²) in [6.07, 6.45) is 3.32. The molecular formula is C33H30N2O7S. The van der Waals surface area contributed by atoms with Gasteiger partial charge in [0.15, 0.2) is 27.8 Å². The minimum atomic E-state index is -0.849. The summed E-state index contributed by atoms with van der Waals surface area (Å²) < 4.78 is 24.2. The molecule has 0 fully saturated rings. The highest BCUT2D eigenvalue weighted by Crippen LogP contribution is 2.36. The molecule has 3 aromatic carbocycles. The van der Waals surface area contributed by atoms with Crippen LogP contribution in [-0.4, -0.2) is 36.5 Å². The summed E-state index contributed by atoms with van der Waals surface area (Å²) in [5, 5.41) is 10.00. The van der Waals surface area contributed by atoms with E-state index in [-0.39, 0.29) is 35.8 Å². The standard InChI is InChI=1S/C33H30N2O7S/c1-5-15-41-25-14-12-23(18-27(25)40-4)30-29(32(38)42-19-21-9-7-6-8-10-21)20(2)34-33-35(30)31(37)28(43-33)17-22-11-13-24(36)26(16-22)39-3/h5-14,16-18,30,36H,1,15,19H2,2-4H3/b28-17-. The third-order valence-electron chi connectivity index (χ3n) is 6.82. The number of fused-ring (bicyclic) bond motifs is 1. The van der Waals surface area contributed by atoms with E-state index in [4.69, 9.17) is 18.9 Å². The smallest absolute Gasteiger partial charge is 0.338 e. The molecule has 0 saturated heterocycles. The molecule has 2 heterocycles. The summed E-state index contributed by atoms with van der Waals surface area (Å²) >= 11 is 1.20. The Labute approximate surface area is 251 Å². The molecule has 1 atom stereocenters. The van der Waals surface area contributed by atoms with Crippen molar-refractivity contribution in [2.75, 3.05) is 20.8 Å². The molecule has 9 nitrogen and oxygen atoms in total. The number of carbonyl (C=O) groups is 1. The topological polar surface area (TPSA) is 109 Å². The van der Waals surface area contributed by atoms with Crippen molar-refractivity contribution in [2.45, 2.75) is 19.6 Å². The lowest BCUT2D eigenvalue weighted by Crippen LogP contribution is -2.39. The van der Waals surface area contributed by atoms with Gasteiger partial charge in [-0.25, -0.2) is 9.79 Å². The molecule has 0 saturated carbocycles. The maximum Gasteiger partial charge on any atom is 0.338 e. The van der Waals surface area contributed by atoms with Gasteiger partial charge in [-0.2, -0.15) is 0 Å². The fraction of sp³-hybridized carbons (Fsp3) is 0.182. The van der Waals surface area contributed by atoms with E-state index in [1.165, 1.54) is 36.2 Å². The van der Waals surface area contributed by atoms with Crippen LogP contribution in [0.5, 0.6) is 23.0 Å². The fourth-order valence-corrected chi connectivity index (χ4v) is 5.80. The average molecular weight is 599 g/mol. The third-order valence-corrected chi connectivity index (χ3v) is 7.80. The first-order valence-corrected chi connectivity index (χ1v) is 14.2. The zero-order valence-electron chi connectivity index (χ0n) is 23.9. The van der Waals surface area contributed by atoms with Crippen molar-refractivity contribution >= 4 is 23.4 Å². The van der Waals surface area contributed by atoms with Crippen LogP contribution in [-0.2, 0) is 16.1 Å². The molecule has 1 aliphatic rings. The monoisotopic (exact) mass is 598 g/mol. The highest BCUT2D eigenvalue weighted by atomic mass is 32.1. The summed E-state index contributed by atoms with van der Waals surface area (Å²) in [6.45, 7) is 5.76. The molecule has 10 heteroatoms. The first-order valence-electron chi connectivity index (χ1n) is 13.4. The van der Waals surface area contributed by atoms with Crippen LogP contribution < -0.4 is 29.1 Å². The van der Waals surface area contributed by atoms with Crippen molar-refractivity contribution < 1.29 is 28.8 Å². The number of benzene rings is 3. The van der Waals surface area contributed by atoms with Gasteiger partial charge in [-0.15, -0.1) is 0 Å². The number of allylic oxidation sites excluding steroid dienone is 1. The molecule has 0 radical (unpaired) electrons. The van der Waals surface area contributed by atoms with Gasteiger partial charge in [-0.1, -0.05) is 66.5 Å². The Bertz CT molecular complexity index is 1890. The lowest BCUT2D eigenvalue weighted by atomic mass is 9.95. The van der Waals surface area contributed by atoms with Crippen molar-refractivity contribution in [1.29, 1.82) is 0 Å². The largest absolute Gasteiger partial charge is 0.504 e. The summed E-state index contributed by atoms with van der Waals surface area (Å²) in [7, 11) is 2.98. The van der Waals surface area contributed by atoms with Crippen molar-refractivity contribution in [3.05, 3.63) is 127 Å². The molecule has 4 aromatic rings. The van der Waals surface area contributed by atoms with Crippen molar-refractivity contribution in [3.8, 4) is 23.0 Å². The number of esters is 1. The van der Waals surface area contributed by atoms with E-state index < -0.39 is 12.0 Å². The summed E-state index contributed by atoms with van der Waals surface area (Å²) in [4.78, 5) is 32.8. The predicted molar refractivity (Wildman–Crippen MR) is 163 cm³/mol. The molecule has 0 spiro atoms. The zero-order chi connectivity index (χ0) is 30.5. The van der Waals surface area contributed by atoms with Crippen LogP contribution >= 0.6 is 11.3 Å². The van der Waals surface area contributed by atoms with Crippen molar-refractivity contribution in [3.63, 3.8) is 0 Å². The van der Waals surface area contributed by atoms with Crippen molar-refractivity contribution in [2.24, 2.45) is 4.99 Å². The number of phenols is 1. The van der Waals surface area contributed by atoms with Gasteiger partial charge in [0.1, 0.15) is 13.2 Å². The van der Waals surface area contributed by atoms with Gasteiger partial charge in [-0.3, -0.25) is 9.36 Å². The minimum absolute atomic E-state index is 0.00939. The molecule has 1 N–H and O–H groups in total. The summed E-state index contributed by atoms with van der Waals surface area (Å²) in [6, 6.07) is 18.6. The van der Waals surface area contributed by atoms with Gasteiger partial charge in [0.25, 0.3) is 5.56 Å². The van der Waals surface area contributed by atoms with Gasteiger partial charge in [0, 0.05) is 0 Å². The van der Waals surface area contributed by atoms with Gasteiger partial charge >= 0.3 is 5.97 Å². The molecule has 0 bridgehead atoms. The number of carbonyl (C=O) groups excluding carboxylic acids is 1. The number of aromatic hydroxyl groups is 1. The normalized spacial score (nSPS) is 14.5. The van der Waals surface area contributed by atoms with Gasteiger partial charge < -0.3 is 24.1 Å². The van der Waals surface area contributed by atoms with Crippen LogP contribution in [0, 0.1) is 0 Å². The molecule has 220 valence electrons. The van der Waals surface area contributed by atoms with Crippen LogP contribution in [0.15, 0.2) is 100 Å². The average Bonchev–Trinajstić information content (AvgIpc) is 3.33. The molecule has 43 heavy (non-hydrogen) atoms. The molecular weight excluding hydrogens is 568 g/mol. The number of hydrogen-bond acceptors (Lipinski definition) is 9. The van der Waals surface area contributed by atoms with E-state index in [9.17, 15) is 14.7 Å². The molecule has 1 unspecified atom stereocenters. The van der Waals surface area contributed by atoms with Crippen molar-refractivity contribution in [1.82, 2.24) is 4.57 Å². The van der Waals surface area contributed by atoms with Crippen LogP contribution in [0.1, 0.15) is 29.7 Å². The van der Waals surface area contributed by atoms with E-state index in [1.54, 1.807) is 49.4 Å². The van der Waals surface area contributed by atoms with Crippen LogP contribution in [0.4, 0.5) is 0 Å². The van der Waals surface area contributed by atoms with E-state index in [0.717, 1.165) is 5.56 Å². The number of ether oxygens (including phenoxy) is 4. The molecule has 1 aromatic heterocycles. The number of thiazole rings is 1. The second kappa shape index (κ2) is 12.8. The quantitative estimate of drug-likeness (QED) is 0.215.